The number of benzene rings is 2. The zero-order valence-corrected chi connectivity index (χ0v) is 15.8. The quantitative estimate of drug-likeness (QED) is 0.713. The largest absolute Gasteiger partial charge is 0.493 e. The Morgan fingerprint density at radius 1 is 1.04 bits per heavy atom. The van der Waals surface area contributed by atoms with Crippen molar-refractivity contribution in [2.24, 2.45) is 5.10 Å². The number of hydrazone groups is 1. The number of fused-ring (bicyclic) bond motifs is 1. The van der Waals surface area contributed by atoms with Crippen LogP contribution in [0, 0.1) is 0 Å². The van der Waals surface area contributed by atoms with Gasteiger partial charge in [0.05, 0.1) is 33.1 Å². The monoisotopic (exact) mass is 384 g/mol. The first kappa shape index (κ1) is 18.0. The minimum atomic E-state index is -0.286. The van der Waals surface area contributed by atoms with Gasteiger partial charge in [-0.15, -0.1) is 0 Å². The van der Waals surface area contributed by atoms with Gasteiger partial charge in [0.25, 0.3) is 0 Å². The van der Waals surface area contributed by atoms with Crippen LogP contribution in [0.1, 0.15) is 23.6 Å². The van der Waals surface area contributed by atoms with Crippen LogP contribution in [0.2, 0.25) is 0 Å². The molecular formula is C20H20N2O6. The lowest BCUT2D eigenvalue weighted by Crippen LogP contribution is -2.17. The van der Waals surface area contributed by atoms with Gasteiger partial charge in [0.15, 0.2) is 23.0 Å². The Balaban J connectivity index is 1.68. The van der Waals surface area contributed by atoms with Crippen LogP contribution in [0.4, 0.5) is 0 Å². The summed E-state index contributed by atoms with van der Waals surface area (Å²) in [5.74, 6) is 2.93. The topological polar surface area (TPSA) is 78.8 Å². The first-order valence-electron chi connectivity index (χ1n) is 8.69. The number of nitrogens with zero attached hydrogens (tertiary/aromatic N) is 2. The summed E-state index contributed by atoms with van der Waals surface area (Å²) in [5, 5.41) is 5.89. The van der Waals surface area contributed by atoms with Crippen LogP contribution in [0.25, 0.3) is 0 Å². The van der Waals surface area contributed by atoms with Gasteiger partial charge < -0.3 is 23.7 Å². The van der Waals surface area contributed by atoms with Gasteiger partial charge in [-0.05, 0) is 35.9 Å². The van der Waals surface area contributed by atoms with Crippen molar-refractivity contribution in [1.82, 2.24) is 5.01 Å². The maximum atomic E-state index is 11.7. The molecule has 0 unspecified atom stereocenters. The average Bonchev–Trinajstić information content (AvgIpc) is 3.38. The summed E-state index contributed by atoms with van der Waals surface area (Å²) < 4.78 is 27.0. The predicted octanol–water partition coefficient (Wildman–Crippen LogP) is 2.75. The highest BCUT2D eigenvalue weighted by Crippen LogP contribution is 2.43. The number of carbonyl (C=O) groups excluding carboxylic acids is 1. The Kier molecular flexibility index (Phi) is 4.68. The van der Waals surface area contributed by atoms with Gasteiger partial charge in [-0.1, -0.05) is 0 Å². The highest BCUT2D eigenvalue weighted by atomic mass is 16.7. The fraction of sp³-hybridized carbons (Fsp3) is 0.300. The summed E-state index contributed by atoms with van der Waals surface area (Å²) in [4.78, 5) is 11.7. The molecule has 2 aromatic rings. The summed E-state index contributed by atoms with van der Waals surface area (Å²) in [6.07, 6.45) is 1.25. The molecule has 0 fully saturated rings. The van der Waals surface area contributed by atoms with E-state index in [0.717, 1.165) is 16.8 Å². The van der Waals surface area contributed by atoms with Gasteiger partial charge in [0, 0.05) is 12.0 Å². The lowest BCUT2D eigenvalue weighted by molar-refractivity contribution is -0.119. The molecule has 0 saturated heterocycles. The molecule has 0 aromatic heterocycles. The van der Waals surface area contributed by atoms with Crippen molar-refractivity contribution in [3.05, 3.63) is 41.5 Å². The number of amides is 1. The molecule has 0 radical (unpaired) electrons. The maximum absolute atomic E-state index is 11.7. The van der Waals surface area contributed by atoms with Gasteiger partial charge in [-0.2, -0.15) is 5.10 Å². The van der Waals surface area contributed by atoms with E-state index in [1.165, 1.54) is 5.01 Å². The fourth-order valence-corrected chi connectivity index (χ4v) is 3.44. The van der Waals surface area contributed by atoms with E-state index in [1.54, 1.807) is 21.3 Å². The second-order valence-electron chi connectivity index (χ2n) is 6.28. The Morgan fingerprint density at radius 2 is 1.75 bits per heavy atom. The third-order valence-electron chi connectivity index (χ3n) is 4.83. The molecule has 1 amide bonds. The molecule has 2 aliphatic rings. The molecule has 0 saturated carbocycles. The summed E-state index contributed by atoms with van der Waals surface area (Å²) in [7, 11) is 4.66. The van der Waals surface area contributed by atoms with Crippen LogP contribution in [0.5, 0.6) is 28.7 Å². The molecule has 0 N–H and O–H groups in total. The molecule has 0 bridgehead atoms. The van der Waals surface area contributed by atoms with E-state index >= 15 is 0 Å². The first-order chi connectivity index (χ1) is 13.7. The van der Waals surface area contributed by atoms with Crippen LogP contribution >= 0.6 is 0 Å². The van der Waals surface area contributed by atoms with Crippen LogP contribution in [-0.2, 0) is 4.79 Å². The van der Waals surface area contributed by atoms with Crippen molar-refractivity contribution in [3.8, 4) is 28.7 Å². The van der Waals surface area contributed by atoms with E-state index in [9.17, 15) is 4.79 Å². The van der Waals surface area contributed by atoms with Gasteiger partial charge >= 0.3 is 0 Å². The number of hydrogen-bond donors (Lipinski definition) is 0. The smallest absolute Gasteiger partial charge is 0.231 e. The van der Waals surface area contributed by atoms with Crippen molar-refractivity contribution in [3.63, 3.8) is 0 Å². The van der Waals surface area contributed by atoms with Crippen molar-refractivity contribution >= 4 is 12.1 Å². The third-order valence-corrected chi connectivity index (χ3v) is 4.83. The van der Waals surface area contributed by atoms with Gasteiger partial charge in [0.1, 0.15) is 0 Å². The van der Waals surface area contributed by atoms with E-state index in [-0.39, 0.29) is 12.8 Å². The second-order valence-corrected chi connectivity index (χ2v) is 6.28. The highest BCUT2D eigenvalue weighted by Gasteiger charge is 2.31. The Labute approximate surface area is 162 Å². The second kappa shape index (κ2) is 7.30. The molecule has 8 heteroatoms. The van der Waals surface area contributed by atoms with Crippen molar-refractivity contribution in [2.75, 3.05) is 28.1 Å². The number of rotatable bonds is 6. The van der Waals surface area contributed by atoms with Gasteiger partial charge in [-0.25, -0.2) is 5.01 Å². The molecule has 2 aromatic carbocycles. The molecular weight excluding hydrogens is 364 g/mol. The van der Waals surface area contributed by atoms with Crippen LogP contribution in [0.3, 0.4) is 0 Å². The minimum absolute atomic E-state index is 0.208. The standard InChI is InChI=1S/C20H20N2O6/c1-24-18-7-13(8-19(25-2)20(18)26-3)15-9-14(21-22(15)10-23)12-4-5-16-17(6-12)28-11-27-16/h4-8,10,15H,9,11H2,1-3H3/t15-/m0/s1. The summed E-state index contributed by atoms with van der Waals surface area (Å²) >= 11 is 0. The highest BCUT2D eigenvalue weighted by molar-refractivity contribution is 6.03. The number of hydrogen-bond acceptors (Lipinski definition) is 7. The summed E-state index contributed by atoms with van der Waals surface area (Å²) in [6, 6.07) is 9.01. The van der Waals surface area contributed by atoms with E-state index in [4.69, 9.17) is 23.7 Å². The normalized spacial score (nSPS) is 17.3. The molecule has 8 nitrogen and oxygen atoms in total. The van der Waals surface area contributed by atoms with Gasteiger partial charge in [-0.3, -0.25) is 4.79 Å². The number of carbonyl (C=O) groups is 1. The molecule has 2 aliphatic heterocycles. The van der Waals surface area contributed by atoms with Crippen molar-refractivity contribution in [2.45, 2.75) is 12.5 Å². The Morgan fingerprint density at radius 3 is 2.39 bits per heavy atom. The van der Waals surface area contributed by atoms with E-state index in [0.29, 0.717) is 41.6 Å². The first-order valence-corrected chi connectivity index (χ1v) is 8.69. The fourth-order valence-electron chi connectivity index (χ4n) is 3.44. The molecule has 146 valence electrons. The lowest BCUT2D eigenvalue weighted by Gasteiger charge is -2.20. The molecule has 4 rings (SSSR count). The zero-order valence-electron chi connectivity index (χ0n) is 15.8. The summed E-state index contributed by atoms with van der Waals surface area (Å²) in [6.45, 7) is 0.208. The molecule has 1 atom stereocenters. The SMILES string of the molecule is COc1cc([C@@H]2CC(c3ccc4c(c3)OCO4)=NN2C=O)cc(OC)c1OC. The predicted molar refractivity (Wildman–Crippen MR) is 100 cm³/mol. The molecule has 28 heavy (non-hydrogen) atoms. The Bertz CT molecular complexity index is 917. The van der Waals surface area contributed by atoms with Gasteiger partial charge in [0.2, 0.25) is 19.0 Å². The molecule has 0 spiro atoms. The maximum Gasteiger partial charge on any atom is 0.231 e. The van der Waals surface area contributed by atoms with Crippen molar-refractivity contribution < 1.29 is 28.5 Å². The van der Waals surface area contributed by atoms with Crippen LogP contribution in [-0.4, -0.2) is 45.3 Å². The van der Waals surface area contributed by atoms with E-state index in [2.05, 4.69) is 5.10 Å². The lowest BCUT2D eigenvalue weighted by atomic mass is 9.97. The molecule has 2 heterocycles. The Hall–Kier alpha value is -3.42. The van der Waals surface area contributed by atoms with Crippen LogP contribution in [0.15, 0.2) is 35.4 Å². The third kappa shape index (κ3) is 2.96. The zero-order chi connectivity index (χ0) is 19.7. The summed E-state index contributed by atoms with van der Waals surface area (Å²) in [5.41, 5.74) is 2.50. The van der Waals surface area contributed by atoms with E-state index < -0.39 is 0 Å². The number of ether oxygens (including phenoxy) is 5. The minimum Gasteiger partial charge on any atom is -0.493 e. The van der Waals surface area contributed by atoms with E-state index in [1.807, 2.05) is 30.3 Å². The average molecular weight is 384 g/mol. The van der Waals surface area contributed by atoms with Crippen LogP contribution < -0.4 is 23.7 Å². The molecule has 0 aliphatic carbocycles. The number of methoxy groups -OCH3 is 3. The van der Waals surface area contributed by atoms with Crippen molar-refractivity contribution in [1.29, 1.82) is 0 Å².